The molecule has 0 spiro atoms. The first-order valence-electron chi connectivity index (χ1n) is 7.46. The van der Waals surface area contributed by atoms with Crippen molar-refractivity contribution < 1.29 is 9.47 Å². The van der Waals surface area contributed by atoms with E-state index < -0.39 is 0 Å². The van der Waals surface area contributed by atoms with Crippen LogP contribution in [0.25, 0.3) is 0 Å². The quantitative estimate of drug-likeness (QED) is 0.906. The van der Waals surface area contributed by atoms with E-state index in [2.05, 4.69) is 35.5 Å². The van der Waals surface area contributed by atoms with Crippen LogP contribution in [-0.4, -0.2) is 51.4 Å². The summed E-state index contributed by atoms with van der Waals surface area (Å²) in [5.74, 6) is 0.950. The summed E-state index contributed by atoms with van der Waals surface area (Å²) in [5, 5.41) is 3.67. The maximum atomic E-state index is 5.81. The largest absolute Gasteiger partial charge is 0.497 e. The Hall–Kier alpha value is -1.10. The number of methoxy groups -OCH3 is 1. The van der Waals surface area contributed by atoms with Crippen LogP contribution < -0.4 is 10.1 Å². The number of aryl methyl sites for hydroxylation is 1. The Labute approximate surface area is 121 Å². The van der Waals surface area contributed by atoms with Crippen LogP contribution in [0, 0.1) is 0 Å². The van der Waals surface area contributed by atoms with Crippen LogP contribution in [0.1, 0.15) is 23.6 Å². The number of hydrogen-bond acceptors (Lipinski definition) is 4. The number of likely N-dealkylation sites (N-methyl/N-ethyl adjacent to an activating group) is 1. The Morgan fingerprint density at radius 2 is 2.35 bits per heavy atom. The van der Waals surface area contributed by atoms with Gasteiger partial charge in [-0.3, -0.25) is 0 Å². The highest BCUT2D eigenvalue weighted by molar-refractivity contribution is 5.40. The topological polar surface area (TPSA) is 33.7 Å². The maximum absolute atomic E-state index is 5.81. The van der Waals surface area contributed by atoms with Gasteiger partial charge < -0.3 is 19.7 Å². The minimum atomic E-state index is 0.309. The van der Waals surface area contributed by atoms with E-state index in [1.165, 1.54) is 17.5 Å². The molecule has 1 aromatic carbocycles. The summed E-state index contributed by atoms with van der Waals surface area (Å²) in [7, 11) is 3.88. The first-order chi connectivity index (χ1) is 9.76. The van der Waals surface area contributed by atoms with Crippen LogP contribution in [0.2, 0.25) is 0 Å². The third kappa shape index (κ3) is 2.97. The molecule has 0 amide bonds. The first kappa shape index (κ1) is 13.9. The highest BCUT2D eigenvalue weighted by Gasteiger charge is 2.25. The molecule has 3 rings (SSSR count). The lowest BCUT2D eigenvalue weighted by atomic mass is 10.1. The van der Waals surface area contributed by atoms with Gasteiger partial charge in [0.15, 0.2) is 0 Å². The van der Waals surface area contributed by atoms with E-state index in [0.717, 1.165) is 38.4 Å². The van der Waals surface area contributed by atoms with E-state index in [4.69, 9.17) is 9.47 Å². The van der Waals surface area contributed by atoms with Crippen molar-refractivity contribution in [2.45, 2.75) is 25.0 Å². The molecule has 4 nitrogen and oxygen atoms in total. The van der Waals surface area contributed by atoms with Crippen molar-refractivity contribution in [3.63, 3.8) is 0 Å². The Bertz CT molecular complexity index is 464. The Balaban J connectivity index is 1.60. The van der Waals surface area contributed by atoms with Gasteiger partial charge in [-0.05, 0) is 43.1 Å². The van der Waals surface area contributed by atoms with E-state index in [1.807, 2.05) is 0 Å². The second kappa shape index (κ2) is 6.12. The van der Waals surface area contributed by atoms with Crippen molar-refractivity contribution in [1.82, 2.24) is 10.2 Å². The normalized spacial score (nSPS) is 26.5. The van der Waals surface area contributed by atoms with Gasteiger partial charge in [-0.25, -0.2) is 0 Å². The zero-order chi connectivity index (χ0) is 13.9. The third-order valence-corrected chi connectivity index (χ3v) is 4.36. The molecule has 4 heteroatoms. The zero-order valence-corrected chi connectivity index (χ0v) is 12.4. The summed E-state index contributed by atoms with van der Waals surface area (Å²) in [4.78, 5) is 2.33. The molecule has 2 aliphatic rings. The minimum absolute atomic E-state index is 0.309. The van der Waals surface area contributed by atoms with Crippen molar-refractivity contribution in [2.24, 2.45) is 0 Å². The monoisotopic (exact) mass is 276 g/mol. The molecule has 110 valence electrons. The summed E-state index contributed by atoms with van der Waals surface area (Å²) in [6.45, 7) is 3.83. The Morgan fingerprint density at radius 1 is 1.45 bits per heavy atom. The summed E-state index contributed by atoms with van der Waals surface area (Å²) < 4.78 is 11.1. The van der Waals surface area contributed by atoms with E-state index in [0.29, 0.717) is 12.1 Å². The van der Waals surface area contributed by atoms with Gasteiger partial charge in [0, 0.05) is 25.7 Å². The molecule has 0 radical (unpaired) electrons. The molecule has 1 aliphatic carbocycles. The molecule has 1 saturated heterocycles. The van der Waals surface area contributed by atoms with Gasteiger partial charge in [0.25, 0.3) is 0 Å². The molecule has 1 fully saturated rings. The molecule has 2 atom stereocenters. The van der Waals surface area contributed by atoms with Gasteiger partial charge in [-0.1, -0.05) is 6.07 Å². The van der Waals surface area contributed by atoms with Crippen molar-refractivity contribution >= 4 is 0 Å². The van der Waals surface area contributed by atoms with Crippen molar-refractivity contribution in [2.75, 3.05) is 40.4 Å². The number of benzene rings is 1. The molecule has 20 heavy (non-hydrogen) atoms. The molecule has 2 unspecified atom stereocenters. The highest BCUT2D eigenvalue weighted by atomic mass is 16.5. The Kier molecular flexibility index (Phi) is 4.24. The lowest BCUT2D eigenvalue weighted by Gasteiger charge is -2.31. The summed E-state index contributed by atoms with van der Waals surface area (Å²) in [6, 6.07) is 6.87. The number of nitrogens with zero attached hydrogens (tertiary/aromatic N) is 1. The number of hydrogen-bond donors (Lipinski definition) is 1. The number of rotatable bonds is 4. The summed E-state index contributed by atoms with van der Waals surface area (Å²) >= 11 is 0. The molecular formula is C16H24N2O2. The molecule has 1 aliphatic heterocycles. The van der Waals surface area contributed by atoms with Crippen LogP contribution in [0.4, 0.5) is 0 Å². The zero-order valence-electron chi connectivity index (χ0n) is 12.4. The standard InChI is InChI=1S/C16H24N2O2/c1-18-7-8-20-14(11-18)10-17-16-6-4-12-3-5-13(19-2)9-15(12)16/h3,5,9,14,16-17H,4,6-8,10-11H2,1-2H3. The molecule has 1 heterocycles. The lowest BCUT2D eigenvalue weighted by Crippen LogP contribution is -2.45. The van der Waals surface area contributed by atoms with Crippen LogP contribution in [-0.2, 0) is 11.2 Å². The van der Waals surface area contributed by atoms with Crippen LogP contribution in [0.15, 0.2) is 18.2 Å². The van der Waals surface area contributed by atoms with Gasteiger partial charge >= 0.3 is 0 Å². The number of nitrogens with one attached hydrogen (secondary N) is 1. The lowest BCUT2D eigenvalue weighted by molar-refractivity contribution is -0.0192. The fourth-order valence-electron chi connectivity index (χ4n) is 3.18. The van der Waals surface area contributed by atoms with E-state index in [-0.39, 0.29) is 0 Å². The van der Waals surface area contributed by atoms with Crippen LogP contribution in [0.5, 0.6) is 5.75 Å². The second-order valence-electron chi connectivity index (χ2n) is 5.82. The molecule has 1 N–H and O–H groups in total. The fraction of sp³-hybridized carbons (Fsp3) is 0.625. The van der Waals surface area contributed by atoms with Gasteiger partial charge in [0.1, 0.15) is 5.75 Å². The van der Waals surface area contributed by atoms with E-state index in [1.54, 1.807) is 7.11 Å². The SMILES string of the molecule is COc1ccc2c(c1)C(NCC1CN(C)CCO1)CC2. The molecule has 0 bridgehead atoms. The third-order valence-electron chi connectivity index (χ3n) is 4.36. The number of ether oxygens (including phenoxy) is 2. The molecular weight excluding hydrogens is 252 g/mol. The second-order valence-corrected chi connectivity index (χ2v) is 5.82. The van der Waals surface area contributed by atoms with Crippen molar-refractivity contribution in [3.8, 4) is 5.75 Å². The van der Waals surface area contributed by atoms with Gasteiger partial charge in [0.2, 0.25) is 0 Å². The van der Waals surface area contributed by atoms with Crippen molar-refractivity contribution in [3.05, 3.63) is 29.3 Å². The first-order valence-corrected chi connectivity index (χ1v) is 7.46. The predicted molar refractivity (Wildman–Crippen MR) is 79.3 cm³/mol. The van der Waals surface area contributed by atoms with Crippen molar-refractivity contribution in [1.29, 1.82) is 0 Å². The van der Waals surface area contributed by atoms with E-state index >= 15 is 0 Å². The van der Waals surface area contributed by atoms with Crippen LogP contribution >= 0.6 is 0 Å². The molecule has 0 aromatic heterocycles. The van der Waals surface area contributed by atoms with Gasteiger partial charge in [-0.2, -0.15) is 0 Å². The average molecular weight is 276 g/mol. The van der Waals surface area contributed by atoms with Gasteiger partial charge in [-0.15, -0.1) is 0 Å². The predicted octanol–water partition coefficient (Wildman–Crippen LogP) is 1.60. The Morgan fingerprint density at radius 3 is 3.15 bits per heavy atom. The number of morpholine rings is 1. The summed E-state index contributed by atoms with van der Waals surface area (Å²) in [6.07, 6.45) is 2.64. The van der Waals surface area contributed by atoms with Gasteiger partial charge in [0.05, 0.1) is 19.8 Å². The fourth-order valence-corrected chi connectivity index (χ4v) is 3.18. The maximum Gasteiger partial charge on any atom is 0.119 e. The summed E-state index contributed by atoms with van der Waals surface area (Å²) in [5.41, 5.74) is 2.85. The molecule has 1 aromatic rings. The minimum Gasteiger partial charge on any atom is -0.497 e. The van der Waals surface area contributed by atoms with Crippen LogP contribution in [0.3, 0.4) is 0 Å². The highest BCUT2D eigenvalue weighted by Crippen LogP contribution is 2.33. The smallest absolute Gasteiger partial charge is 0.119 e. The average Bonchev–Trinajstić information content (AvgIpc) is 2.87. The number of fused-ring (bicyclic) bond motifs is 1. The van der Waals surface area contributed by atoms with E-state index in [9.17, 15) is 0 Å². The molecule has 0 saturated carbocycles.